The number of hydrogen-bond acceptors (Lipinski definition) is 1. The molecule has 0 aromatic heterocycles. The summed E-state index contributed by atoms with van der Waals surface area (Å²) in [5, 5.41) is 3.77. The van der Waals surface area contributed by atoms with Gasteiger partial charge in [-0.1, -0.05) is 91.9 Å². The van der Waals surface area contributed by atoms with Crippen molar-refractivity contribution >= 4 is 0 Å². The minimum absolute atomic E-state index is 0.902. The van der Waals surface area contributed by atoms with E-state index < -0.39 is 0 Å². The second-order valence-electron chi connectivity index (χ2n) is 6.91. The van der Waals surface area contributed by atoms with Crippen LogP contribution in [0.15, 0.2) is 0 Å². The fourth-order valence-corrected chi connectivity index (χ4v) is 3.11. The lowest BCUT2D eigenvalue weighted by Gasteiger charge is -2.19. The third-order valence-corrected chi connectivity index (χ3v) is 4.95. The van der Waals surface area contributed by atoms with E-state index in [0.717, 1.165) is 11.8 Å². The Bertz CT molecular complexity index is 170. The monoisotopic (exact) mass is 297 g/mol. The fourth-order valence-electron chi connectivity index (χ4n) is 3.11. The van der Waals surface area contributed by atoms with Crippen molar-refractivity contribution in [3.8, 4) is 0 Å². The molecule has 0 radical (unpaired) electrons. The minimum atomic E-state index is 0.902. The van der Waals surface area contributed by atoms with Gasteiger partial charge in [-0.05, 0) is 37.8 Å². The van der Waals surface area contributed by atoms with Crippen molar-refractivity contribution in [2.45, 2.75) is 105 Å². The predicted molar refractivity (Wildman–Crippen MR) is 97.9 cm³/mol. The van der Waals surface area contributed by atoms with Crippen LogP contribution in [0.4, 0.5) is 0 Å². The molecule has 0 aliphatic rings. The van der Waals surface area contributed by atoms with Crippen LogP contribution in [0.2, 0.25) is 0 Å². The van der Waals surface area contributed by atoms with Crippen LogP contribution in [0.1, 0.15) is 105 Å². The van der Waals surface area contributed by atoms with E-state index in [-0.39, 0.29) is 0 Å². The van der Waals surface area contributed by atoms with Gasteiger partial charge in [0.2, 0.25) is 0 Å². The molecule has 2 atom stereocenters. The Balaban J connectivity index is 3.64. The van der Waals surface area contributed by atoms with Gasteiger partial charge < -0.3 is 5.32 Å². The first-order valence-electron chi connectivity index (χ1n) is 9.99. The van der Waals surface area contributed by atoms with Gasteiger partial charge >= 0.3 is 0 Å². The van der Waals surface area contributed by atoms with Crippen LogP contribution in [0.5, 0.6) is 0 Å². The van der Waals surface area contributed by atoms with Gasteiger partial charge in [0.1, 0.15) is 0 Å². The standard InChI is InChI=1S/C20H43N/c1-5-9-11-13-15-19(7-3)17-21-18-20(8-4)16-14-12-10-6-2/h19-21H,5-18H2,1-4H3. The maximum absolute atomic E-state index is 3.77. The molecule has 0 aromatic carbocycles. The van der Waals surface area contributed by atoms with Crippen LogP contribution in [-0.4, -0.2) is 13.1 Å². The van der Waals surface area contributed by atoms with E-state index in [4.69, 9.17) is 0 Å². The highest BCUT2D eigenvalue weighted by Crippen LogP contribution is 2.16. The first kappa shape index (κ1) is 21.0. The van der Waals surface area contributed by atoms with Crippen molar-refractivity contribution in [1.82, 2.24) is 5.32 Å². The first-order chi connectivity index (χ1) is 10.3. The molecule has 0 rings (SSSR count). The quantitative estimate of drug-likeness (QED) is 0.318. The summed E-state index contributed by atoms with van der Waals surface area (Å²) < 4.78 is 0. The molecule has 0 aliphatic heterocycles. The summed E-state index contributed by atoms with van der Waals surface area (Å²) in [6.45, 7) is 11.8. The highest BCUT2D eigenvalue weighted by molar-refractivity contribution is 4.65. The zero-order chi connectivity index (χ0) is 15.8. The number of unbranched alkanes of at least 4 members (excludes halogenated alkanes) is 6. The second kappa shape index (κ2) is 16.3. The molecule has 21 heavy (non-hydrogen) atoms. The van der Waals surface area contributed by atoms with Crippen LogP contribution in [0.3, 0.4) is 0 Å². The summed E-state index contributed by atoms with van der Waals surface area (Å²) in [6, 6.07) is 0. The highest BCUT2D eigenvalue weighted by atomic mass is 14.9. The first-order valence-corrected chi connectivity index (χ1v) is 9.99. The van der Waals surface area contributed by atoms with Crippen LogP contribution >= 0.6 is 0 Å². The zero-order valence-corrected chi connectivity index (χ0v) is 15.6. The van der Waals surface area contributed by atoms with Crippen molar-refractivity contribution in [1.29, 1.82) is 0 Å². The van der Waals surface area contributed by atoms with Crippen LogP contribution in [0.25, 0.3) is 0 Å². The van der Waals surface area contributed by atoms with Crippen molar-refractivity contribution in [2.75, 3.05) is 13.1 Å². The van der Waals surface area contributed by atoms with Crippen LogP contribution < -0.4 is 5.32 Å². The molecule has 0 heterocycles. The summed E-state index contributed by atoms with van der Waals surface area (Å²) in [5.41, 5.74) is 0. The highest BCUT2D eigenvalue weighted by Gasteiger charge is 2.09. The molecule has 0 saturated carbocycles. The third-order valence-electron chi connectivity index (χ3n) is 4.95. The molecular formula is C20H43N. The molecule has 1 nitrogen and oxygen atoms in total. The van der Waals surface area contributed by atoms with Crippen molar-refractivity contribution in [3.05, 3.63) is 0 Å². The lowest BCUT2D eigenvalue weighted by molar-refractivity contribution is 0.367. The molecular weight excluding hydrogens is 254 g/mol. The van der Waals surface area contributed by atoms with E-state index in [2.05, 4.69) is 33.0 Å². The Kier molecular flexibility index (Phi) is 16.3. The Hall–Kier alpha value is -0.0400. The average Bonchev–Trinajstić information content (AvgIpc) is 2.51. The van der Waals surface area contributed by atoms with E-state index in [9.17, 15) is 0 Å². The minimum Gasteiger partial charge on any atom is -0.316 e. The molecule has 0 spiro atoms. The summed E-state index contributed by atoms with van der Waals surface area (Å²) in [4.78, 5) is 0. The number of hydrogen-bond donors (Lipinski definition) is 1. The van der Waals surface area contributed by atoms with Gasteiger partial charge in [-0.15, -0.1) is 0 Å². The van der Waals surface area contributed by atoms with Crippen LogP contribution in [-0.2, 0) is 0 Å². The maximum atomic E-state index is 3.77. The third kappa shape index (κ3) is 13.4. The molecule has 2 unspecified atom stereocenters. The summed E-state index contributed by atoms with van der Waals surface area (Å²) in [7, 11) is 0. The van der Waals surface area contributed by atoms with E-state index in [1.165, 1.54) is 90.1 Å². The van der Waals surface area contributed by atoms with Crippen molar-refractivity contribution in [2.24, 2.45) is 11.8 Å². The lowest BCUT2D eigenvalue weighted by Crippen LogP contribution is -2.28. The maximum Gasteiger partial charge on any atom is -0.00205 e. The Morgan fingerprint density at radius 3 is 1.33 bits per heavy atom. The SMILES string of the molecule is CCCCCCC(CC)CNCC(CC)CCCCCC. The van der Waals surface area contributed by atoms with Gasteiger partial charge in [0, 0.05) is 0 Å². The molecule has 1 heteroatoms. The molecule has 1 N–H and O–H groups in total. The number of rotatable bonds is 16. The van der Waals surface area contributed by atoms with Crippen LogP contribution in [0, 0.1) is 11.8 Å². The Labute approximate surface area is 135 Å². The van der Waals surface area contributed by atoms with Gasteiger partial charge in [-0.25, -0.2) is 0 Å². The van der Waals surface area contributed by atoms with E-state index in [1.54, 1.807) is 0 Å². The summed E-state index contributed by atoms with van der Waals surface area (Å²) in [5.74, 6) is 1.80. The van der Waals surface area contributed by atoms with Gasteiger partial charge in [-0.2, -0.15) is 0 Å². The number of nitrogens with one attached hydrogen (secondary N) is 1. The van der Waals surface area contributed by atoms with Gasteiger partial charge in [0.15, 0.2) is 0 Å². The fraction of sp³-hybridized carbons (Fsp3) is 1.00. The van der Waals surface area contributed by atoms with E-state index in [0.29, 0.717) is 0 Å². The van der Waals surface area contributed by atoms with Crippen molar-refractivity contribution < 1.29 is 0 Å². The predicted octanol–water partition coefficient (Wildman–Crippen LogP) is 6.57. The van der Waals surface area contributed by atoms with Gasteiger partial charge in [-0.3, -0.25) is 0 Å². The lowest BCUT2D eigenvalue weighted by atomic mass is 9.96. The van der Waals surface area contributed by atoms with E-state index in [1.807, 2.05) is 0 Å². The summed E-state index contributed by atoms with van der Waals surface area (Å²) >= 11 is 0. The Morgan fingerprint density at radius 1 is 0.571 bits per heavy atom. The molecule has 0 aliphatic carbocycles. The van der Waals surface area contributed by atoms with Gasteiger partial charge in [0.25, 0.3) is 0 Å². The topological polar surface area (TPSA) is 12.0 Å². The molecule has 0 saturated heterocycles. The summed E-state index contributed by atoms with van der Waals surface area (Å²) in [6.07, 6.45) is 16.8. The van der Waals surface area contributed by atoms with Crippen molar-refractivity contribution in [3.63, 3.8) is 0 Å². The normalized spacial score (nSPS) is 14.3. The molecule has 0 aromatic rings. The smallest absolute Gasteiger partial charge is 0.00205 e. The molecule has 0 amide bonds. The molecule has 0 bridgehead atoms. The zero-order valence-electron chi connectivity index (χ0n) is 15.6. The molecule has 128 valence electrons. The second-order valence-corrected chi connectivity index (χ2v) is 6.91. The van der Waals surface area contributed by atoms with E-state index >= 15 is 0 Å². The molecule has 0 fully saturated rings. The largest absolute Gasteiger partial charge is 0.316 e. The average molecular weight is 298 g/mol. The Morgan fingerprint density at radius 2 is 1.00 bits per heavy atom. The van der Waals surface area contributed by atoms with Gasteiger partial charge in [0.05, 0.1) is 0 Å².